The van der Waals surface area contributed by atoms with Gasteiger partial charge in [0.2, 0.25) is 0 Å². The van der Waals surface area contributed by atoms with Crippen LogP contribution in [0.5, 0.6) is 0 Å². The first-order chi connectivity index (χ1) is 17.1. The predicted octanol–water partition coefficient (Wildman–Crippen LogP) is 1.93. The largest absolute Gasteiger partial charge is 0.454 e. The molecule has 1 rings (SSSR count). The molecule has 36 heavy (non-hydrogen) atoms. The Hall–Kier alpha value is -3.18. The van der Waals surface area contributed by atoms with Crippen LogP contribution in [0.2, 0.25) is 0 Å². The lowest BCUT2D eigenvalue weighted by molar-refractivity contribution is -0.261. The van der Waals surface area contributed by atoms with Crippen molar-refractivity contribution in [3.05, 3.63) is 0 Å². The minimum absolute atomic E-state index is 0.0908. The topological polar surface area (TPSA) is 158 Å². The highest BCUT2D eigenvalue weighted by atomic mass is 16.7. The van der Waals surface area contributed by atoms with E-state index in [1.54, 1.807) is 0 Å². The number of ether oxygens (including phenoxy) is 6. The average Bonchev–Trinajstić information content (AvgIpc) is 2.88. The quantitative estimate of drug-likeness (QED) is 0.274. The van der Waals surface area contributed by atoms with E-state index < -0.39 is 72.4 Å². The van der Waals surface area contributed by atoms with Crippen LogP contribution < -0.4 is 0 Å². The zero-order valence-electron chi connectivity index (χ0n) is 21.6. The summed E-state index contributed by atoms with van der Waals surface area (Å²) in [5, 5.41) is 0. The van der Waals surface area contributed by atoms with Crippen molar-refractivity contribution in [3.8, 4) is 0 Å². The molecule has 0 spiro atoms. The summed E-state index contributed by atoms with van der Waals surface area (Å²) >= 11 is 0. The van der Waals surface area contributed by atoms with Crippen molar-refractivity contribution in [2.45, 2.75) is 117 Å². The van der Waals surface area contributed by atoms with E-state index in [0.717, 1.165) is 0 Å². The predicted molar refractivity (Wildman–Crippen MR) is 121 cm³/mol. The third-order valence-electron chi connectivity index (χ3n) is 5.28. The van der Waals surface area contributed by atoms with Crippen molar-refractivity contribution in [1.29, 1.82) is 0 Å². The fourth-order valence-corrected chi connectivity index (χ4v) is 3.34. The van der Waals surface area contributed by atoms with Crippen LogP contribution in [0.1, 0.15) is 80.1 Å². The summed E-state index contributed by atoms with van der Waals surface area (Å²) in [6.07, 6.45) is -9.77. The minimum Gasteiger partial charge on any atom is -0.454 e. The second-order valence-corrected chi connectivity index (χ2v) is 7.85. The normalized spacial score (nSPS) is 25.2. The van der Waals surface area contributed by atoms with Crippen molar-refractivity contribution in [1.82, 2.24) is 0 Å². The third kappa shape index (κ3) is 8.49. The molecule has 12 heteroatoms. The van der Waals surface area contributed by atoms with Crippen LogP contribution in [0.15, 0.2) is 0 Å². The Morgan fingerprint density at radius 1 is 0.333 bits per heavy atom. The molecule has 0 radical (unpaired) electrons. The standard InChI is InChI=1S/C24H36O12/c1-7-13(25)31-19-20(32-14(26)8-2)22(34-16(28)10-4)24(36-18(30)12-6)23(35-17(29)11-5)21(19)33-15(27)9-3/h19-24H,7-12H2,1-6H3. The van der Waals surface area contributed by atoms with E-state index in [1.165, 1.54) is 41.5 Å². The highest BCUT2D eigenvalue weighted by Crippen LogP contribution is 2.35. The van der Waals surface area contributed by atoms with Gasteiger partial charge in [-0.3, -0.25) is 28.8 Å². The number of rotatable bonds is 12. The van der Waals surface area contributed by atoms with Crippen LogP contribution in [0, 0.1) is 0 Å². The number of esters is 6. The van der Waals surface area contributed by atoms with Crippen LogP contribution in [0.25, 0.3) is 0 Å². The van der Waals surface area contributed by atoms with Gasteiger partial charge in [0, 0.05) is 38.5 Å². The van der Waals surface area contributed by atoms with Crippen LogP contribution in [-0.4, -0.2) is 72.4 Å². The molecule has 1 fully saturated rings. The molecule has 0 aromatic rings. The molecule has 0 N–H and O–H groups in total. The molecule has 1 aliphatic rings. The summed E-state index contributed by atoms with van der Waals surface area (Å²) in [6.45, 7) is 9.09. The third-order valence-corrected chi connectivity index (χ3v) is 5.28. The summed E-state index contributed by atoms with van der Waals surface area (Å²) in [5.41, 5.74) is 0. The molecule has 0 aromatic heterocycles. The second-order valence-electron chi connectivity index (χ2n) is 7.85. The molecule has 0 bridgehead atoms. The van der Waals surface area contributed by atoms with Gasteiger partial charge in [-0.1, -0.05) is 41.5 Å². The molecule has 0 aromatic carbocycles. The van der Waals surface area contributed by atoms with Gasteiger partial charge in [0.25, 0.3) is 0 Å². The van der Waals surface area contributed by atoms with Crippen molar-refractivity contribution in [3.63, 3.8) is 0 Å². The van der Waals surface area contributed by atoms with E-state index in [0.29, 0.717) is 0 Å². The van der Waals surface area contributed by atoms with Gasteiger partial charge in [0.05, 0.1) is 0 Å². The Labute approximate surface area is 210 Å². The Balaban J connectivity index is 3.82. The molecule has 0 atom stereocenters. The fourth-order valence-electron chi connectivity index (χ4n) is 3.34. The molecule has 0 heterocycles. The molecule has 0 saturated heterocycles. The van der Waals surface area contributed by atoms with Crippen LogP contribution in [0.4, 0.5) is 0 Å². The first kappa shape index (κ1) is 30.9. The highest BCUT2D eigenvalue weighted by Gasteiger charge is 2.61. The Morgan fingerprint density at radius 3 is 0.528 bits per heavy atom. The van der Waals surface area contributed by atoms with Crippen molar-refractivity contribution in [2.24, 2.45) is 0 Å². The number of hydrogen-bond donors (Lipinski definition) is 0. The van der Waals surface area contributed by atoms with E-state index in [-0.39, 0.29) is 38.5 Å². The number of hydrogen-bond acceptors (Lipinski definition) is 12. The smallest absolute Gasteiger partial charge is 0.306 e. The van der Waals surface area contributed by atoms with Crippen LogP contribution in [-0.2, 0) is 57.2 Å². The first-order valence-corrected chi connectivity index (χ1v) is 12.2. The van der Waals surface area contributed by atoms with E-state index in [4.69, 9.17) is 28.4 Å². The van der Waals surface area contributed by atoms with Gasteiger partial charge < -0.3 is 28.4 Å². The summed E-state index contributed by atoms with van der Waals surface area (Å²) in [6, 6.07) is 0. The van der Waals surface area contributed by atoms with Gasteiger partial charge in [-0.05, 0) is 0 Å². The molecule has 0 unspecified atom stereocenters. The van der Waals surface area contributed by atoms with E-state index in [1.807, 2.05) is 0 Å². The van der Waals surface area contributed by atoms with Crippen LogP contribution in [0.3, 0.4) is 0 Å². The molecule has 0 aliphatic heterocycles. The molecular weight excluding hydrogens is 480 g/mol. The maximum atomic E-state index is 12.4. The second kappa shape index (κ2) is 15.0. The SMILES string of the molecule is CCC(=O)OC1C(OC(=O)CC)C(OC(=O)CC)C(OC(=O)CC)C(OC(=O)CC)C1OC(=O)CC. The zero-order valence-corrected chi connectivity index (χ0v) is 21.6. The van der Waals surface area contributed by atoms with Crippen molar-refractivity contribution < 1.29 is 57.2 Å². The Morgan fingerprint density at radius 2 is 0.444 bits per heavy atom. The molecule has 1 saturated carbocycles. The monoisotopic (exact) mass is 516 g/mol. The van der Waals surface area contributed by atoms with E-state index in [9.17, 15) is 28.8 Å². The summed E-state index contributed by atoms with van der Waals surface area (Å²) < 4.78 is 33.1. The summed E-state index contributed by atoms with van der Waals surface area (Å²) in [4.78, 5) is 74.1. The van der Waals surface area contributed by atoms with Gasteiger partial charge in [0.15, 0.2) is 36.6 Å². The average molecular weight is 517 g/mol. The lowest BCUT2D eigenvalue weighted by atomic mass is 9.83. The molecule has 12 nitrogen and oxygen atoms in total. The van der Waals surface area contributed by atoms with Crippen molar-refractivity contribution >= 4 is 35.8 Å². The van der Waals surface area contributed by atoms with E-state index >= 15 is 0 Å². The van der Waals surface area contributed by atoms with Crippen molar-refractivity contribution in [2.75, 3.05) is 0 Å². The summed E-state index contributed by atoms with van der Waals surface area (Å²) in [7, 11) is 0. The lowest BCUT2D eigenvalue weighted by Gasteiger charge is -2.47. The van der Waals surface area contributed by atoms with Gasteiger partial charge >= 0.3 is 35.8 Å². The van der Waals surface area contributed by atoms with Gasteiger partial charge in [-0.25, -0.2) is 0 Å². The maximum absolute atomic E-state index is 12.4. The first-order valence-electron chi connectivity index (χ1n) is 12.2. The van der Waals surface area contributed by atoms with Gasteiger partial charge in [-0.15, -0.1) is 0 Å². The van der Waals surface area contributed by atoms with Crippen LogP contribution >= 0.6 is 0 Å². The lowest BCUT2D eigenvalue weighted by Crippen LogP contribution is -2.69. The molecule has 0 amide bonds. The highest BCUT2D eigenvalue weighted by molar-refractivity contribution is 5.73. The molecular formula is C24H36O12. The van der Waals surface area contributed by atoms with Gasteiger partial charge in [-0.2, -0.15) is 0 Å². The molecule has 1 aliphatic carbocycles. The Bertz CT molecular complexity index is 624. The number of carbonyl (C=O) groups is 6. The summed E-state index contributed by atoms with van der Waals surface area (Å²) in [5.74, 6) is -4.50. The number of carbonyl (C=O) groups excluding carboxylic acids is 6. The Kier molecular flexibility index (Phi) is 12.9. The van der Waals surface area contributed by atoms with E-state index in [2.05, 4.69) is 0 Å². The van der Waals surface area contributed by atoms with Gasteiger partial charge in [0.1, 0.15) is 0 Å². The zero-order chi connectivity index (χ0) is 27.4. The maximum Gasteiger partial charge on any atom is 0.306 e. The fraction of sp³-hybridized carbons (Fsp3) is 0.750. The molecule has 204 valence electrons. The minimum atomic E-state index is -1.54.